The molecule has 0 amide bonds. The van der Waals surface area contributed by atoms with Gasteiger partial charge in [-0.3, -0.25) is 0 Å². The summed E-state index contributed by atoms with van der Waals surface area (Å²) < 4.78 is 17.4. The number of rotatable bonds is 4. The molecule has 1 fully saturated rings. The van der Waals surface area contributed by atoms with Gasteiger partial charge in [-0.1, -0.05) is 25.1 Å². The van der Waals surface area contributed by atoms with E-state index in [1.807, 2.05) is 24.3 Å². The van der Waals surface area contributed by atoms with Crippen LogP contribution in [0.25, 0.3) is 0 Å². The maximum Gasteiger partial charge on any atom is 0.225 e. The van der Waals surface area contributed by atoms with Crippen molar-refractivity contribution in [1.29, 1.82) is 0 Å². The lowest BCUT2D eigenvalue weighted by molar-refractivity contribution is -0.368. The van der Waals surface area contributed by atoms with Gasteiger partial charge in [0.25, 0.3) is 0 Å². The van der Waals surface area contributed by atoms with Gasteiger partial charge in [0.15, 0.2) is 0 Å². The lowest BCUT2D eigenvalue weighted by atomic mass is 9.87. The number of aliphatic hydroxyl groups is 4. The number of benzene rings is 2. The molecule has 0 aromatic heterocycles. The second-order valence-corrected chi connectivity index (χ2v) is 7.14. The first-order chi connectivity index (χ1) is 13.5. The molecule has 0 aliphatic carbocycles. The van der Waals surface area contributed by atoms with Crippen LogP contribution in [0.2, 0.25) is 0 Å². The number of hydrogen-bond acceptors (Lipinski definition) is 7. The zero-order valence-corrected chi connectivity index (χ0v) is 15.5. The molecule has 2 aliphatic heterocycles. The van der Waals surface area contributed by atoms with Crippen LogP contribution < -0.4 is 4.74 Å². The SMILES string of the molecule is CCc1ccc(Oc2ccc3c(c2)C2(OC3)O[C@H](CO)[C@@H](O)[C@H](O)[C@H]2O)cc1. The average molecular weight is 388 g/mol. The highest BCUT2D eigenvalue weighted by Gasteiger charge is 2.58. The maximum absolute atomic E-state index is 10.6. The Morgan fingerprint density at radius 1 is 1.04 bits per heavy atom. The highest BCUT2D eigenvalue weighted by Crippen LogP contribution is 2.47. The van der Waals surface area contributed by atoms with Crippen LogP contribution in [0.4, 0.5) is 0 Å². The number of ether oxygens (including phenoxy) is 3. The summed E-state index contributed by atoms with van der Waals surface area (Å²) in [5, 5.41) is 40.4. The third-order valence-electron chi connectivity index (χ3n) is 5.42. The second-order valence-electron chi connectivity index (χ2n) is 7.14. The van der Waals surface area contributed by atoms with Crippen molar-refractivity contribution in [2.75, 3.05) is 6.61 Å². The summed E-state index contributed by atoms with van der Waals surface area (Å²) in [6.45, 7) is 1.72. The molecule has 1 saturated heterocycles. The molecule has 4 N–H and O–H groups in total. The molecule has 2 aromatic rings. The van der Waals surface area contributed by atoms with Crippen molar-refractivity contribution >= 4 is 0 Å². The van der Waals surface area contributed by atoms with E-state index in [1.54, 1.807) is 18.2 Å². The monoisotopic (exact) mass is 388 g/mol. The van der Waals surface area contributed by atoms with Gasteiger partial charge in [0.1, 0.15) is 35.9 Å². The smallest absolute Gasteiger partial charge is 0.225 e. The Balaban J connectivity index is 1.66. The summed E-state index contributed by atoms with van der Waals surface area (Å²) in [6, 6.07) is 13.0. The molecule has 1 unspecified atom stereocenters. The minimum Gasteiger partial charge on any atom is -0.457 e. The Bertz CT molecular complexity index is 835. The summed E-state index contributed by atoms with van der Waals surface area (Å²) in [5.41, 5.74) is 2.48. The Morgan fingerprint density at radius 2 is 1.75 bits per heavy atom. The van der Waals surface area contributed by atoms with Crippen molar-refractivity contribution in [1.82, 2.24) is 0 Å². The molecule has 2 aromatic carbocycles. The van der Waals surface area contributed by atoms with Crippen molar-refractivity contribution in [3.05, 3.63) is 59.2 Å². The standard InChI is InChI=1S/C21H24O7/c1-2-12-3-6-14(7-4-12)27-15-8-5-13-11-26-21(16(13)9-15)20(25)19(24)18(23)17(10-22)28-21/h3-9,17-20,22-25H,2,10-11H2,1H3/t17-,18-,19+,20-,21?/m1/s1. The van der Waals surface area contributed by atoms with E-state index in [-0.39, 0.29) is 6.61 Å². The van der Waals surface area contributed by atoms with E-state index in [0.717, 1.165) is 12.0 Å². The van der Waals surface area contributed by atoms with Crippen molar-refractivity contribution in [2.45, 2.75) is 50.2 Å². The van der Waals surface area contributed by atoms with Gasteiger partial charge in [0.05, 0.1) is 13.2 Å². The molecule has 0 bridgehead atoms. The fourth-order valence-corrected chi connectivity index (χ4v) is 3.74. The normalized spacial score (nSPS) is 31.8. The van der Waals surface area contributed by atoms with Gasteiger partial charge in [-0.05, 0) is 41.8 Å². The Morgan fingerprint density at radius 3 is 2.43 bits per heavy atom. The molecule has 28 heavy (non-hydrogen) atoms. The van der Waals surface area contributed by atoms with E-state index >= 15 is 0 Å². The first-order valence-electron chi connectivity index (χ1n) is 9.35. The predicted molar refractivity (Wildman–Crippen MR) is 98.8 cm³/mol. The van der Waals surface area contributed by atoms with Gasteiger partial charge >= 0.3 is 0 Å². The van der Waals surface area contributed by atoms with Crippen LogP contribution in [0.1, 0.15) is 23.6 Å². The van der Waals surface area contributed by atoms with Crippen molar-refractivity contribution in [3.8, 4) is 11.5 Å². The van der Waals surface area contributed by atoms with E-state index in [2.05, 4.69) is 6.92 Å². The third-order valence-corrected chi connectivity index (χ3v) is 5.42. The molecule has 150 valence electrons. The lowest BCUT2D eigenvalue weighted by Gasteiger charge is -2.46. The first kappa shape index (κ1) is 19.3. The Hall–Kier alpha value is -2.00. The largest absolute Gasteiger partial charge is 0.457 e. The van der Waals surface area contributed by atoms with E-state index in [4.69, 9.17) is 14.2 Å². The fourth-order valence-electron chi connectivity index (χ4n) is 3.74. The minimum atomic E-state index is -1.67. The van der Waals surface area contributed by atoms with Crippen LogP contribution >= 0.6 is 0 Å². The van der Waals surface area contributed by atoms with Crippen LogP contribution in [0.5, 0.6) is 11.5 Å². The number of aryl methyl sites for hydroxylation is 1. The molecule has 2 heterocycles. The topological polar surface area (TPSA) is 109 Å². The van der Waals surface area contributed by atoms with Crippen LogP contribution in [-0.2, 0) is 28.3 Å². The van der Waals surface area contributed by atoms with Gasteiger partial charge in [0.2, 0.25) is 5.79 Å². The number of aliphatic hydroxyl groups excluding tert-OH is 4. The summed E-state index contributed by atoms with van der Waals surface area (Å²) in [5.74, 6) is -0.490. The van der Waals surface area contributed by atoms with E-state index in [9.17, 15) is 20.4 Å². The van der Waals surface area contributed by atoms with Crippen LogP contribution in [0.3, 0.4) is 0 Å². The molecule has 1 spiro atoms. The molecule has 2 aliphatic rings. The Labute approximate surface area is 162 Å². The predicted octanol–water partition coefficient (Wildman–Crippen LogP) is 1.20. The summed E-state index contributed by atoms with van der Waals surface area (Å²) >= 11 is 0. The van der Waals surface area contributed by atoms with Crippen LogP contribution in [-0.4, -0.2) is 51.4 Å². The zero-order chi connectivity index (χ0) is 19.9. The zero-order valence-electron chi connectivity index (χ0n) is 15.5. The van der Waals surface area contributed by atoms with Crippen LogP contribution in [0.15, 0.2) is 42.5 Å². The molecule has 0 saturated carbocycles. The van der Waals surface area contributed by atoms with Crippen molar-refractivity contribution in [2.24, 2.45) is 0 Å². The van der Waals surface area contributed by atoms with Gasteiger partial charge in [-0.2, -0.15) is 0 Å². The lowest BCUT2D eigenvalue weighted by Crippen LogP contribution is -2.63. The van der Waals surface area contributed by atoms with Crippen LogP contribution in [0, 0.1) is 0 Å². The molecular formula is C21H24O7. The van der Waals surface area contributed by atoms with E-state index in [0.29, 0.717) is 17.1 Å². The third kappa shape index (κ3) is 3.10. The molecule has 0 radical (unpaired) electrons. The number of fused-ring (bicyclic) bond motifs is 2. The number of hydrogen-bond donors (Lipinski definition) is 4. The molecular weight excluding hydrogens is 364 g/mol. The van der Waals surface area contributed by atoms with Gasteiger partial charge in [-0.25, -0.2) is 0 Å². The van der Waals surface area contributed by atoms with E-state index in [1.165, 1.54) is 5.56 Å². The quantitative estimate of drug-likeness (QED) is 0.623. The Kier molecular flexibility index (Phi) is 5.13. The summed E-state index contributed by atoms with van der Waals surface area (Å²) in [4.78, 5) is 0. The first-order valence-corrected chi connectivity index (χ1v) is 9.35. The fraction of sp³-hybridized carbons (Fsp3) is 0.429. The van der Waals surface area contributed by atoms with Gasteiger partial charge < -0.3 is 34.6 Å². The minimum absolute atomic E-state index is 0.166. The highest BCUT2D eigenvalue weighted by molar-refractivity contribution is 5.43. The molecule has 5 atom stereocenters. The second kappa shape index (κ2) is 7.44. The van der Waals surface area contributed by atoms with E-state index < -0.39 is 36.8 Å². The van der Waals surface area contributed by atoms with Crippen molar-refractivity contribution < 1.29 is 34.6 Å². The summed E-state index contributed by atoms with van der Waals surface area (Å²) in [7, 11) is 0. The highest BCUT2D eigenvalue weighted by atomic mass is 16.7. The maximum atomic E-state index is 10.6. The average Bonchev–Trinajstić information content (AvgIpc) is 3.08. The van der Waals surface area contributed by atoms with Gasteiger partial charge in [-0.15, -0.1) is 0 Å². The molecule has 4 rings (SSSR count). The van der Waals surface area contributed by atoms with Crippen molar-refractivity contribution in [3.63, 3.8) is 0 Å². The van der Waals surface area contributed by atoms with Gasteiger partial charge in [0, 0.05) is 5.56 Å². The summed E-state index contributed by atoms with van der Waals surface area (Å²) in [6.07, 6.45) is -4.62. The molecule has 7 heteroatoms. The molecule has 7 nitrogen and oxygen atoms in total.